The molecule has 0 amide bonds. The number of rotatable bonds is 7. The predicted octanol–water partition coefficient (Wildman–Crippen LogP) is 5.10. The van der Waals surface area contributed by atoms with Crippen molar-refractivity contribution in [2.45, 2.75) is 103 Å². The molecule has 5 nitrogen and oxygen atoms in total. The second-order valence-electron chi connectivity index (χ2n) is 11.8. The second kappa shape index (κ2) is 10.7. The number of carbonyl (C=O) groups is 1. The number of fused-ring (bicyclic) bond motifs is 1. The Balaban J connectivity index is 1.69. The lowest BCUT2D eigenvalue weighted by Gasteiger charge is -2.44. The lowest BCUT2D eigenvalue weighted by Crippen LogP contribution is -2.43. The Hall–Kier alpha value is -1.43. The van der Waals surface area contributed by atoms with Gasteiger partial charge in [-0.2, -0.15) is 0 Å². The Morgan fingerprint density at radius 3 is 2.65 bits per heavy atom. The fourth-order valence-corrected chi connectivity index (χ4v) is 7.08. The third-order valence-corrected chi connectivity index (χ3v) is 9.60. The zero-order valence-corrected chi connectivity index (χ0v) is 21.8. The highest BCUT2D eigenvalue weighted by Crippen LogP contribution is 2.60. The zero-order valence-electron chi connectivity index (χ0n) is 21.8. The van der Waals surface area contributed by atoms with E-state index in [2.05, 4.69) is 32.6 Å². The Morgan fingerprint density at radius 2 is 1.97 bits per heavy atom. The Bertz CT molecular complexity index is 824. The lowest BCUT2D eigenvalue weighted by atomic mass is 9.60. The van der Waals surface area contributed by atoms with Crippen molar-refractivity contribution in [1.82, 2.24) is 0 Å². The molecule has 3 fully saturated rings. The van der Waals surface area contributed by atoms with E-state index in [9.17, 15) is 20.1 Å². The minimum Gasteiger partial charge on any atom is -0.467 e. The van der Waals surface area contributed by atoms with E-state index in [4.69, 9.17) is 4.74 Å². The van der Waals surface area contributed by atoms with Gasteiger partial charge in [0, 0.05) is 6.42 Å². The van der Waals surface area contributed by atoms with Gasteiger partial charge in [-0.1, -0.05) is 51.5 Å². The van der Waals surface area contributed by atoms with Crippen LogP contribution in [0, 0.1) is 29.1 Å². The highest BCUT2D eigenvalue weighted by molar-refractivity contribution is 5.78. The van der Waals surface area contributed by atoms with Crippen LogP contribution in [0.5, 0.6) is 0 Å². The predicted molar refractivity (Wildman–Crippen MR) is 135 cm³/mol. The van der Waals surface area contributed by atoms with Crippen molar-refractivity contribution < 1.29 is 24.9 Å². The van der Waals surface area contributed by atoms with Gasteiger partial charge in [0.1, 0.15) is 0 Å². The molecule has 0 aromatic carbocycles. The summed E-state index contributed by atoms with van der Waals surface area (Å²) in [5, 5.41) is 30.8. The molecular formula is C29H46O5. The molecule has 34 heavy (non-hydrogen) atoms. The summed E-state index contributed by atoms with van der Waals surface area (Å²) in [6, 6.07) is 0. The smallest absolute Gasteiger partial charge is 0.337 e. The fourth-order valence-electron chi connectivity index (χ4n) is 7.08. The van der Waals surface area contributed by atoms with Gasteiger partial charge in [0.25, 0.3) is 0 Å². The summed E-state index contributed by atoms with van der Waals surface area (Å²) < 4.78 is 4.79. The summed E-state index contributed by atoms with van der Waals surface area (Å²) in [7, 11) is 1.32. The standard InChI is InChI=1S/C29H46O5/c1-18(9-10-19(2)29(5,33)27(32)34-6)24-13-14-25-21(8-7-15-28(24,25)4)11-12-22-16-23(30)17-26(31)20(22)3/h11-12,18-19,23-26,30-31,33H,3,7-10,13-17H2,1-2,4-6H3/b21-11+,22-12-/t18-,19+,23-,24-,25+,26+,28-,29-/m1/s1. The van der Waals surface area contributed by atoms with Gasteiger partial charge in [0.15, 0.2) is 5.60 Å². The van der Waals surface area contributed by atoms with Crippen LogP contribution in [0.15, 0.2) is 35.5 Å². The molecule has 192 valence electrons. The molecule has 3 rings (SSSR count). The molecule has 0 aromatic heterocycles. The molecule has 5 heteroatoms. The summed E-state index contributed by atoms with van der Waals surface area (Å²) >= 11 is 0. The highest BCUT2D eigenvalue weighted by Gasteiger charge is 2.50. The molecule has 0 spiro atoms. The van der Waals surface area contributed by atoms with Gasteiger partial charge >= 0.3 is 5.97 Å². The SMILES string of the molecule is C=C1/C(=C\C=C2/CCC[C@]3(C)[C@@H]([C@H](C)CC[C@H](C)[C@@](C)(O)C(=O)OC)CC[C@@H]23)C[C@@H](O)C[C@@H]1O. The summed E-state index contributed by atoms with van der Waals surface area (Å²) in [6.45, 7) is 12.4. The molecule has 0 saturated heterocycles. The monoisotopic (exact) mass is 474 g/mol. The van der Waals surface area contributed by atoms with Crippen molar-refractivity contribution in [2.24, 2.45) is 29.1 Å². The Labute approximate surface area is 206 Å². The minimum absolute atomic E-state index is 0.157. The van der Waals surface area contributed by atoms with E-state index in [1.165, 1.54) is 38.4 Å². The average Bonchev–Trinajstić information content (AvgIpc) is 3.15. The van der Waals surface area contributed by atoms with Crippen molar-refractivity contribution in [3.63, 3.8) is 0 Å². The zero-order chi connectivity index (χ0) is 25.3. The minimum atomic E-state index is -1.45. The van der Waals surface area contributed by atoms with E-state index in [0.29, 0.717) is 30.6 Å². The molecule has 0 bridgehead atoms. The lowest BCUT2D eigenvalue weighted by molar-refractivity contribution is -0.166. The van der Waals surface area contributed by atoms with Crippen molar-refractivity contribution in [1.29, 1.82) is 0 Å². The number of methoxy groups -OCH3 is 1. The van der Waals surface area contributed by atoms with Crippen molar-refractivity contribution in [3.05, 3.63) is 35.5 Å². The number of carbonyl (C=O) groups excluding carboxylic acids is 1. The van der Waals surface area contributed by atoms with Crippen LogP contribution in [0.1, 0.15) is 85.5 Å². The van der Waals surface area contributed by atoms with Gasteiger partial charge in [0.05, 0.1) is 19.3 Å². The molecule has 3 aliphatic carbocycles. The molecule has 3 aliphatic rings. The first-order valence-corrected chi connectivity index (χ1v) is 13.2. The van der Waals surface area contributed by atoms with E-state index in [1.807, 2.05) is 6.92 Å². The molecule has 0 radical (unpaired) electrons. The summed E-state index contributed by atoms with van der Waals surface area (Å²) in [4.78, 5) is 12.0. The maximum absolute atomic E-state index is 12.0. The van der Waals surface area contributed by atoms with Crippen LogP contribution >= 0.6 is 0 Å². The number of hydrogen-bond acceptors (Lipinski definition) is 5. The first kappa shape index (κ1) is 27.2. The van der Waals surface area contributed by atoms with Crippen LogP contribution in [-0.2, 0) is 9.53 Å². The van der Waals surface area contributed by atoms with Gasteiger partial charge in [-0.15, -0.1) is 0 Å². The highest BCUT2D eigenvalue weighted by atomic mass is 16.5. The van der Waals surface area contributed by atoms with Gasteiger partial charge in [-0.3, -0.25) is 0 Å². The Morgan fingerprint density at radius 1 is 1.26 bits per heavy atom. The van der Waals surface area contributed by atoms with Crippen LogP contribution in [0.2, 0.25) is 0 Å². The summed E-state index contributed by atoms with van der Waals surface area (Å²) in [5.74, 6) is 0.991. The number of allylic oxidation sites excluding steroid dienone is 3. The first-order chi connectivity index (χ1) is 15.9. The topological polar surface area (TPSA) is 87.0 Å². The maximum atomic E-state index is 12.0. The quantitative estimate of drug-likeness (QED) is 0.447. The number of ether oxygens (including phenoxy) is 1. The molecule has 0 heterocycles. The summed E-state index contributed by atoms with van der Waals surface area (Å²) in [5.41, 5.74) is 2.03. The third-order valence-electron chi connectivity index (χ3n) is 9.60. The molecule has 3 N–H and O–H groups in total. The molecule has 8 atom stereocenters. The summed E-state index contributed by atoms with van der Waals surface area (Å²) in [6.07, 6.45) is 11.9. The van der Waals surface area contributed by atoms with Gasteiger partial charge in [-0.25, -0.2) is 4.79 Å². The van der Waals surface area contributed by atoms with E-state index < -0.39 is 23.8 Å². The van der Waals surface area contributed by atoms with Crippen molar-refractivity contribution in [3.8, 4) is 0 Å². The van der Waals surface area contributed by atoms with Crippen molar-refractivity contribution >= 4 is 5.97 Å². The van der Waals surface area contributed by atoms with E-state index >= 15 is 0 Å². The van der Waals surface area contributed by atoms with Crippen LogP contribution in [-0.4, -0.2) is 46.2 Å². The van der Waals surface area contributed by atoms with Gasteiger partial charge in [-0.05, 0) is 92.1 Å². The molecule has 0 aromatic rings. The molecular weight excluding hydrogens is 428 g/mol. The van der Waals surface area contributed by atoms with Crippen molar-refractivity contribution in [2.75, 3.05) is 7.11 Å². The van der Waals surface area contributed by atoms with E-state index in [1.54, 1.807) is 6.92 Å². The van der Waals surface area contributed by atoms with Gasteiger partial charge in [0.2, 0.25) is 0 Å². The van der Waals surface area contributed by atoms with Crippen LogP contribution in [0.3, 0.4) is 0 Å². The molecule has 0 unspecified atom stereocenters. The number of esters is 1. The molecule has 0 aliphatic heterocycles. The van der Waals surface area contributed by atoms with E-state index in [0.717, 1.165) is 30.4 Å². The fraction of sp³-hybridized carbons (Fsp3) is 0.759. The number of aliphatic hydroxyl groups excluding tert-OH is 2. The largest absolute Gasteiger partial charge is 0.467 e. The van der Waals surface area contributed by atoms with Crippen LogP contribution in [0.25, 0.3) is 0 Å². The van der Waals surface area contributed by atoms with Gasteiger partial charge < -0.3 is 20.1 Å². The number of hydrogen-bond donors (Lipinski definition) is 3. The number of aliphatic hydroxyl groups is 3. The first-order valence-electron chi connectivity index (χ1n) is 13.2. The Kier molecular flexibility index (Phi) is 8.53. The second-order valence-corrected chi connectivity index (χ2v) is 11.8. The van der Waals surface area contributed by atoms with Crippen LogP contribution < -0.4 is 0 Å². The van der Waals surface area contributed by atoms with E-state index in [-0.39, 0.29) is 11.3 Å². The van der Waals surface area contributed by atoms with Crippen LogP contribution in [0.4, 0.5) is 0 Å². The average molecular weight is 475 g/mol. The normalized spacial score (nSPS) is 37.8. The third kappa shape index (κ3) is 5.37. The maximum Gasteiger partial charge on any atom is 0.337 e. The molecule has 3 saturated carbocycles.